The Kier molecular flexibility index (Phi) is 6.82. The van der Waals surface area contributed by atoms with Crippen molar-refractivity contribution in [1.82, 2.24) is 14.9 Å². The lowest BCUT2D eigenvalue weighted by atomic mass is 10.1. The maximum Gasteiger partial charge on any atom is 0.262 e. The van der Waals surface area contributed by atoms with Crippen molar-refractivity contribution in [2.45, 2.75) is 12.8 Å². The van der Waals surface area contributed by atoms with Crippen LogP contribution in [-0.2, 0) is 20.8 Å². The summed E-state index contributed by atoms with van der Waals surface area (Å²) < 4.78 is 16.7. The molecule has 136 valence electrons. The number of hydrogen-bond donors (Lipinski definition) is 2. The molecule has 0 fully saturated rings. The number of hydrogen-bond acceptors (Lipinski definition) is 6. The Morgan fingerprint density at radius 2 is 2.04 bits per heavy atom. The van der Waals surface area contributed by atoms with Crippen molar-refractivity contribution >= 4 is 29.0 Å². The number of methoxy groups -OCH3 is 3. The number of aromatic amines is 1. The summed E-state index contributed by atoms with van der Waals surface area (Å²) in [5.74, 6) is -0.302. The van der Waals surface area contributed by atoms with Crippen molar-refractivity contribution in [3.05, 3.63) is 38.9 Å². The topological polar surface area (TPSA) is 94.6 Å². The Bertz CT molecular complexity index is 857. The van der Waals surface area contributed by atoms with Gasteiger partial charge in [-0.15, -0.1) is 0 Å². The number of ether oxygens (including phenoxy) is 3. The molecule has 0 spiro atoms. The Hall–Kier alpha value is -2.07. The van der Waals surface area contributed by atoms with E-state index < -0.39 is 6.29 Å². The number of carbonyl (C=O) groups is 1. The number of benzene rings is 1. The number of nitrogens with zero attached hydrogens (tertiary/aromatic N) is 1. The molecule has 2 N–H and O–H groups in total. The molecular weight excluding hydrogens is 346 g/mol. The standard InChI is InChI=1S/C16H21N3O5S/c1-22-7-6-19-15(21)11-5-4-10(8-12(11)18-16(19)25)14(20)17-9-13(23-2)24-3/h4-5,8,13H,6-7,9H2,1-3H3,(H,17,20)(H,18,25). The van der Waals surface area contributed by atoms with Crippen LogP contribution >= 0.6 is 12.2 Å². The highest BCUT2D eigenvalue weighted by atomic mass is 32.1. The fourth-order valence-corrected chi connectivity index (χ4v) is 2.61. The van der Waals surface area contributed by atoms with Crippen LogP contribution in [0, 0.1) is 4.77 Å². The Balaban J connectivity index is 2.29. The summed E-state index contributed by atoms with van der Waals surface area (Å²) in [5, 5.41) is 3.16. The second-order valence-electron chi connectivity index (χ2n) is 5.25. The summed E-state index contributed by atoms with van der Waals surface area (Å²) >= 11 is 5.22. The van der Waals surface area contributed by atoms with E-state index in [1.807, 2.05) is 0 Å². The first kappa shape index (κ1) is 19.3. The summed E-state index contributed by atoms with van der Waals surface area (Å²) in [4.78, 5) is 27.7. The van der Waals surface area contributed by atoms with Crippen molar-refractivity contribution in [2.75, 3.05) is 34.5 Å². The zero-order chi connectivity index (χ0) is 18.4. The molecule has 0 unspecified atom stereocenters. The van der Waals surface area contributed by atoms with Gasteiger partial charge in [-0.25, -0.2) is 0 Å². The molecule has 2 rings (SSSR count). The molecule has 0 radical (unpaired) electrons. The zero-order valence-electron chi connectivity index (χ0n) is 14.3. The highest BCUT2D eigenvalue weighted by Gasteiger charge is 2.12. The average Bonchev–Trinajstić information content (AvgIpc) is 2.61. The summed E-state index contributed by atoms with van der Waals surface area (Å²) in [6, 6.07) is 4.79. The van der Waals surface area contributed by atoms with E-state index >= 15 is 0 Å². The monoisotopic (exact) mass is 367 g/mol. The molecule has 9 heteroatoms. The van der Waals surface area contributed by atoms with Crippen LogP contribution in [0.15, 0.2) is 23.0 Å². The minimum atomic E-state index is -0.525. The molecule has 0 aliphatic heterocycles. The first-order chi connectivity index (χ1) is 12.0. The SMILES string of the molecule is COCCn1c(=S)[nH]c2cc(C(=O)NCC(OC)OC)ccc2c1=O. The molecule has 1 amide bonds. The Morgan fingerprint density at radius 1 is 1.32 bits per heavy atom. The van der Waals surface area contributed by atoms with E-state index in [9.17, 15) is 9.59 Å². The van der Waals surface area contributed by atoms with Crippen molar-refractivity contribution in [3.8, 4) is 0 Å². The molecule has 1 heterocycles. The molecule has 25 heavy (non-hydrogen) atoms. The van der Waals surface area contributed by atoms with Crippen LogP contribution in [0.5, 0.6) is 0 Å². The summed E-state index contributed by atoms with van der Waals surface area (Å²) in [5.41, 5.74) is 0.686. The van der Waals surface area contributed by atoms with Crippen LogP contribution in [0.3, 0.4) is 0 Å². The van der Waals surface area contributed by atoms with Crippen LogP contribution in [0.1, 0.15) is 10.4 Å². The highest BCUT2D eigenvalue weighted by molar-refractivity contribution is 7.71. The van der Waals surface area contributed by atoms with Gasteiger partial charge in [0.05, 0.1) is 30.6 Å². The lowest BCUT2D eigenvalue weighted by Gasteiger charge is -2.14. The van der Waals surface area contributed by atoms with Gasteiger partial charge in [0.25, 0.3) is 11.5 Å². The van der Waals surface area contributed by atoms with Gasteiger partial charge in [0.1, 0.15) is 0 Å². The number of H-pyrrole nitrogens is 1. The van der Waals surface area contributed by atoms with Gasteiger partial charge in [0, 0.05) is 26.9 Å². The maximum atomic E-state index is 12.5. The smallest absolute Gasteiger partial charge is 0.262 e. The predicted molar refractivity (Wildman–Crippen MR) is 95.4 cm³/mol. The van der Waals surface area contributed by atoms with Crippen LogP contribution < -0.4 is 10.9 Å². The molecule has 1 aromatic carbocycles. The predicted octanol–water partition coefficient (Wildman–Crippen LogP) is 1.05. The normalized spacial score (nSPS) is 11.2. The van der Waals surface area contributed by atoms with Gasteiger partial charge in [0.15, 0.2) is 11.1 Å². The fourth-order valence-electron chi connectivity index (χ4n) is 2.32. The van der Waals surface area contributed by atoms with Crippen LogP contribution in [-0.4, -0.2) is 56.2 Å². The third-order valence-corrected chi connectivity index (χ3v) is 4.04. The van der Waals surface area contributed by atoms with E-state index in [0.29, 0.717) is 29.6 Å². The summed E-state index contributed by atoms with van der Waals surface area (Å²) in [7, 11) is 4.54. The molecule has 8 nitrogen and oxygen atoms in total. The molecule has 0 saturated carbocycles. The second-order valence-corrected chi connectivity index (χ2v) is 5.64. The molecule has 0 aliphatic rings. The largest absolute Gasteiger partial charge is 0.383 e. The van der Waals surface area contributed by atoms with Crippen molar-refractivity contribution in [3.63, 3.8) is 0 Å². The number of amides is 1. The van der Waals surface area contributed by atoms with Crippen LogP contribution in [0.25, 0.3) is 10.9 Å². The number of rotatable bonds is 8. The molecular formula is C16H21N3O5S. The highest BCUT2D eigenvalue weighted by Crippen LogP contribution is 2.11. The van der Waals surface area contributed by atoms with E-state index in [4.69, 9.17) is 26.4 Å². The van der Waals surface area contributed by atoms with E-state index in [1.54, 1.807) is 25.3 Å². The van der Waals surface area contributed by atoms with Crippen molar-refractivity contribution in [2.24, 2.45) is 0 Å². The number of carbonyl (C=O) groups excluding carboxylic acids is 1. The van der Waals surface area contributed by atoms with E-state index in [0.717, 1.165) is 0 Å². The first-order valence-electron chi connectivity index (χ1n) is 7.61. The third kappa shape index (κ3) is 4.51. The molecule has 2 aromatic rings. The average molecular weight is 367 g/mol. The fraction of sp³-hybridized carbons (Fsp3) is 0.438. The lowest BCUT2D eigenvalue weighted by Crippen LogP contribution is -2.34. The molecule has 0 aliphatic carbocycles. The van der Waals surface area contributed by atoms with Crippen molar-refractivity contribution < 1.29 is 19.0 Å². The van der Waals surface area contributed by atoms with E-state index in [2.05, 4.69) is 10.3 Å². The Labute approximate surface area is 149 Å². The number of nitrogens with one attached hydrogen (secondary N) is 2. The molecule has 0 atom stereocenters. The first-order valence-corrected chi connectivity index (χ1v) is 8.02. The molecule has 0 bridgehead atoms. The molecule has 1 aromatic heterocycles. The van der Waals surface area contributed by atoms with Crippen LogP contribution in [0.4, 0.5) is 0 Å². The minimum Gasteiger partial charge on any atom is -0.383 e. The second kappa shape index (κ2) is 8.86. The number of fused-ring (bicyclic) bond motifs is 1. The minimum absolute atomic E-state index is 0.207. The number of aromatic nitrogens is 2. The Morgan fingerprint density at radius 3 is 2.68 bits per heavy atom. The summed E-state index contributed by atoms with van der Waals surface area (Å²) in [6.07, 6.45) is -0.525. The third-order valence-electron chi connectivity index (χ3n) is 3.72. The summed E-state index contributed by atoms with van der Waals surface area (Å²) in [6.45, 7) is 0.945. The van der Waals surface area contributed by atoms with Crippen molar-refractivity contribution in [1.29, 1.82) is 0 Å². The van der Waals surface area contributed by atoms with Gasteiger partial charge in [-0.3, -0.25) is 14.2 Å². The zero-order valence-corrected chi connectivity index (χ0v) is 15.1. The molecule has 0 saturated heterocycles. The quantitative estimate of drug-likeness (QED) is 0.535. The van der Waals surface area contributed by atoms with Crippen LogP contribution in [0.2, 0.25) is 0 Å². The van der Waals surface area contributed by atoms with E-state index in [1.165, 1.54) is 18.8 Å². The van der Waals surface area contributed by atoms with Gasteiger partial charge in [0.2, 0.25) is 0 Å². The lowest BCUT2D eigenvalue weighted by molar-refractivity contribution is -0.0974. The van der Waals surface area contributed by atoms with Gasteiger partial charge >= 0.3 is 0 Å². The van der Waals surface area contributed by atoms with Gasteiger partial charge in [-0.05, 0) is 30.4 Å². The van der Waals surface area contributed by atoms with Gasteiger partial charge in [-0.1, -0.05) is 0 Å². The van der Waals surface area contributed by atoms with Gasteiger partial charge < -0.3 is 24.5 Å². The van der Waals surface area contributed by atoms with Gasteiger partial charge in [-0.2, -0.15) is 0 Å². The maximum absolute atomic E-state index is 12.5. The van der Waals surface area contributed by atoms with E-state index in [-0.39, 0.29) is 22.8 Å².